The third-order valence-corrected chi connectivity index (χ3v) is 3.02. The van der Waals surface area contributed by atoms with Gasteiger partial charge in [-0.2, -0.15) is 0 Å². The van der Waals surface area contributed by atoms with Gasteiger partial charge in [-0.25, -0.2) is 0 Å². The van der Waals surface area contributed by atoms with E-state index in [2.05, 4.69) is 4.99 Å². The molecule has 0 aliphatic heterocycles. The van der Waals surface area contributed by atoms with Gasteiger partial charge in [-0.3, -0.25) is 14.6 Å². The van der Waals surface area contributed by atoms with E-state index in [0.29, 0.717) is 18.6 Å². The fourth-order valence-corrected chi connectivity index (χ4v) is 2.12. The molecule has 1 aromatic rings. The number of hydrogen-bond donors (Lipinski definition) is 1. The summed E-state index contributed by atoms with van der Waals surface area (Å²) in [7, 11) is 0. The van der Waals surface area contributed by atoms with E-state index >= 15 is 0 Å². The van der Waals surface area contributed by atoms with E-state index in [-0.39, 0.29) is 30.6 Å². The lowest BCUT2D eigenvalue weighted by molar-refractivity contribution is -0.133. The highest BCUT2D eigenvalue weighted by Gasteiger charge is 2.35. The first-order valence-electron chi connectivity index (χ1n) is 5.92. The van der Waals surface area contributed by atoms with Gasteiger partial charge in [0.25, 0.3) is 0 Å². The van der Waals surface area contributed by atoms with E-state index in [1.54, 1.807) is 18.4 Å². The van der Waals surface area contributed by atoms with Gasteiger partial charge in [0.2, 0.25) is 0 Å². The van der Waals surface area contributed by atoms with Crippen LogP contribution in [0.2, 0.25) is 0 Å². The Morgan fingerprint density at radius 2 is 2.11 bits per heavy atom. The van der Waals surface area contributed by atoms with E-state index in [9.17, 15) is 9.59 Å². The van der Waals surface area contributed by atoms with Gasteiger partial charge in [0.15, 0.2) is 0 Å². The van der Waals surface area contributed by atoms with Crippen LogP contribution in [-0.4, -0.2) is 36.0 Å². The highest BCUT2D eigenvalue weighted by atomic mass is 16.3. The Bertz CT molecular complexity index is 432. The maximum atomic E-state index is 11.9. The molecule has 1 aliphatic rings. The molecule has 1 N–H and O–H groups in total. The molecule has 5 nitrogen and oxygen atoms in total. The minimum atomic E-state index is -0.747. The quantitative estimate of drug-likeness (QED) is 0.637. The molecule has 1 fully saturated rings. The molecular formula is C13H15NO4. The molecule has 0 amide bonds. The van der Waals surface area contributed by atoms with Crippen LogP contribution in [0.15, 0.2) is 27.8 Å². The van der Waals surface area contributed by atoms with Crippen LogP contribution in [0.5, 0.6) is 0 Å². The van der Waals surface area contributed by atoms with Gasteiger partial charge >= 0.3 is 0 Å². The summed E-state index contributed by atoms with van der Waals surface area (Å²) >= 11 is 0. The molecule has 5 heteroatoms. The summed E-state index contributed by atoms with van der Waals surface area (Å²) in [6.45, 7) is 0.138. The van der Waals surface area contributed by atoms with Gasteiger partial charge in [0, 0.05) is 25.0 Å². The second kappa shape index (κ2) is 5.73. The molecule has 2 rings (SSSR count). The van der Waals surface area contributed by atoms with Crippen molar-refractivity contribution in [2.24, 2.45) is 10.9 Å². The van der Waals surface area contributed by atoms with Crippen LogP contribution >= 0.6 is 0 Å². The molecule has 1 aliphatic carbocycles. The second-order valence-electron chi connectivity index (χ2n) is 4.31. The zero-order chi connectivity index (χ0) is 13.0. The lowest BCUT2D eigenvalue weighted by Crippen LogP contribution is -2.33. The normalized spacial score (nSPS) is 24.9. The molecule has 0 atom stereocenters. The first-order valence-corrected chi connectivity index (χ1v) is 5.92. The molecule has 0 unspecified atom stereocenters. The minimum Gasteiger partial charge on any atom is -0.469 e. The van der Waals surface area contributed by atoms with Gasteiger partial charge in [-0.15, -0.1) is 0 Å². The van der Waals surface area contributed by atoms with Crippen molar-refractivity contribution in [2.75, 3.05) is 13.2 Å². The van der Waals surface area contributed by atoms with Gasteiger partial charge in [-0.05, 0) is 12.1 Å². The number of aliphatic hydroxyl groups excluding tert-OH is 1. The largest absolute Gasteiger partial charge is 0.469 e. The van der Waals surface area contributed by atoms with Crippen LogP contribution in [0.25, 0.3) is 0 Å². The van der Waals surface area contributed by atoms with Crippen LogP contribution in [0.1, 0.15) is 24.5 Å². The average molecular weight is 249 g/mol. The number of furan rings is 1. The number of nitrogens with zero attached hydrogens (tertiary/aromatic N) is 1. The molecule has 0 bridgehead atoms. The minimum absolute atomic E-state index is 0.0827. The van der Waals surface area contributed by atoms with Crippen molar-refractivity contribution in [1.29, 1.82) is 0 Å². The van der Waals surface area contributed by atoms with E-state index < -0.39 is 5.92 Å². The third kappa shape index (κ3) is 2.73. The standard InChI is InChI=1S/C13H15NO4/c15-4-3-14-8-10-11(16)6-9(7-12(10)17)13-2-1-5-18-13/h1-2,5,8-10,15H,3-4,6-7H2. The maximum absolute atomic E-state index is 11.9. The monoisotopic (exact) mass is 249 g/mol. The molecule has 0 saturated heterocycles. The van der Waals surface area contributed by atoms with Crippen molar-refractivity contribution in [3.8, 4) is 0 Å². The Balaban J connectivity index is 2.04. The highest BCUT2D eigenvalue weighted by molar-refractivity contribution is 6.16. The van der Waals surface area contributed by atoms with Crippen LogP contribution in [0, 0.1) is 5.92 Å². The highest BCUT2D eigenvalue weighted by Crippen LogP contribution is 2.31. The predicted octanol–water partition coefficient (Wildman–Crippen LogP) is 0.974. The molecular weight excluding hydrogens is 234 g/mol. The summed E-state index contributed by atoms with van der Waals surface area (Å²) in [5.74, 6) is -0.476. The van der Waals surface area contributed by atoms with E-state index in [0.717, 1.165) is 0 Å². The number of aliphatic imine (C=N–C) groups is 1. The summed E-state index contributed by atoms with van der Waals surface area (Å²) < 4.78 is 5.23. The number of hydrogen-bond acceptors (Lipinski definition) is 5. The summed E-state index contributed by atoms with van der Waals surface area (Å²) in [5, 5.41) is 8.60. The molecule has 18 heavy (non-hydrogen) atoms. The van der Waals surface area contributed by atoms with Gasteiger partial charge in [-0.1, -0.05) is 0 Å². The van der Waals surface area contributed by atoms with Crippen LogP contribution in [0.4, 0.5) is 0 Å². The summed E-state index contributed by atoms with van der Waals surface area (Å²) in [6.07, 6.45) is 3.50. The van der Waals surface area contributed by atoms with Crippen molar-refractivity contribution in [3.63, 3.8) is 0 Å². The van der Waals surface area contributed by atoms with Crippen molar-refractivity contribution < 1.29 is 19.1 Å². The molecule has 0 radical (unpaired) electrons. The Morgan fingerprint density at radius 1 is 1.39 bits per heavy atom. The van der Waals surface area contributed by atoms with Crippen LogP contribution < -0.4 is 0 Å². The topological polar surface area (TPSA) is 79.9 Å². The van der Waals surface area contributed by atoms with Crippen LogP contribution in [-0.2, 0) is 9.59 Å². The first-order chi connectivity index (χ1) is 8.72. The fraction of sp³-hybridized carbons (Fsp3) is 0.462. The molecule has 1 saturated carbocycles. The SMILES string of the molecule is O=C1CC(c2ccco2)CC(=O)C1C=NCCO. The third-order valence-electron chi connectivity index (χ3n) is 3.02. The number of aliphatic hydroxyl groups is 1. The zero-order valence-electron chi connectivity index (χ0n) is 9.91. The Morgan fingerprint density at radius 3 is 2.67 bits per heavy atom. The summed E-state index contributed by atoms with van der Waals surface area (Å²) in [4.78, 5) is 27.6. The lowest BCUT2D eigenvalue weighted by Gasteiger charge is -2.22. The lowest BCUT2D eigenvalue weighted by atomic mass is 9.79. The fourth-order valence-electron chi connectivity index (χ4n) is 2.12. The molecule has 1 heterocycles. The van der Waals surface area contributed by atoms with Crippen LogP contribution in [0.3, 0.4) is 0 Å². The number of ketones is 2. The Labute approximate surface area is 105 Å². The number of Topliss-reactive ketones (excluding diaryl/α,β-unsaturated/α-hetero) is 2. The summed E-state index contributed by atoms with van der Waals surface area (Å²) in [5.41, 5.74) is 0. The van der Waals surface area contributed by atoms with Gasteiger partial charge in [0.05, 0.1) is 19.4 Å². The molecule has 1 aromatic heterocycles. The molecule has 0 spiro atoms. The zero-order valence-corrected chi connectivity index (χ0v) is 9.91. The van der Waals surface area contributed by atoms with E-state index in [1.165, 1.54) is 6.21 Å². The van der Waals surface area contributed by atoms with Gasteiger partial charge in [0.1, 0.15) is 23.2 Å². The smallest absolute Gasteiger partial charge is 0.149 e. The number of carbonyl (C=O) groups excluding carboxylic acids is 2. The molecule has 0 aromatic carbocycles. The summed E-state index contributed by atoms with van der Waals surface area (Å²) in [6, 6.07) is 3.53. The van der Waals surface area contributed by atoms with Gasteiger partial charge < -0.3 is 9.52 Å². The van der Waals surface area contributed by atoms with E-state index in [4.69, 9.17) is 9.52 Å². The van der Waals surface area contributed by atoms with Crippen molar-refractivity contribution in [2.45, 2.75) is 18.8 Å². The maximum Gasteiger partial charge on any atom is 0.149 e. The van der Waals surface area contributed by atoms with E-state index in [1.807, 2.05) is 0 Å². The average Bonchev–Trinajstić information content (AvgIpc) is 2.86. The predicted molar refractivity (Wildman–Crippen MR) is 64.6 cm³/mol. The van der Waals surface area contributed by atoms with Crippen molar-refractivity contribution >= 4 is 17.8 Å². The second-order valence-corrected chi connectivity index (χ2v) is 4.31. The Hall–Kier alpha value is -1.75. The van der Waals surface area contributed by atoms with Crippen molar-refractivity contribution in [1.82, 2.24) is 0 Å². The first kappa shape index (κ1) is 12.7. The number of rotatable bonds is 4. The Kier molecular flexibility index (Phi) is 4.04. The number of carbonyl (C=O) groups is 2. The van der Waals surface area contributed by atoms with Crippen molar-refractivity contribution in [3.05, 3.63) is 24.2 Å². The molecule has 96 valence electrons.